The number of rotatable bonds is 6. The number of unbranched alkanes of at least 4 members (excludes halogenated alkanes) is 2. The molecule has 2 heteroatoms. The molecule has 0 aliphatic heterocycles. The predicted molar refractivity (Wildman–Crippen MR) is 87.6 cm³/mol. The topological polar surface area (TPSA) is 17.8 Å². The smallest absolute Gasteiger partial charge is 0.106 e. The molecule has 1 aromatic rings. The average Bonchev–Trinajstić information content (AvgIpc) is 2.94. The van der Waals surface area contributed by atoms with E-state index in [9.17, 15) is 0 Å². The van der Waals surface area contributed by atoms with Crippen LogP contribution in [0.15, 0.2) is 12.2 Å². The summed E-state index contributed by atoms with van der Waals surface area (Å²) in [6.45, 7) is 14.0. The number of nitrogens with zero attached hydrogens (tertiary/aromatic N) is 2. The Balaban J connectivity index is 2.44. The molecular weight excluding hydrogens is 244 g/mol. The Labute approximate surface area is 123 Å². The molecule has 0 saturated carbocycles. The summed E-state index contributed by atoms with van der Waals surface area (Å²) in [5, 5.41) is 0. The molecule has 2 nitrogen and oxygen atoms in total. The van der Waals surface area contributed by atoms with Gasteiger partial charge in [0.15, 0.2) is 0 Å². The zero-order chi connectivity index (χ0) is 14.7. The van der Waals surface area contributed by atoms with Crippen molar-refractivity contribution in [2.45, 2.75) is 72.8 Å². The van der Waals surface area contributed by atoms with Gasteiger partial charge in [-0.3, -0.25) is 0 Å². The minimum Gasteiger partial charge on any atom is -0.328 e. The summed E-state index contributed by atoms with van der Waals surface area (Å²) in [5.74, 6) is 1.14. The van der Waals surface area contributed by atoms with Crippen LogP contribution in [0.2, 0.25) is 0 Å². The summed E-state index contributed by atoms with van der Waals surface area (Å²) in [4.78, 5) is 4.80. The Morgan fingerprint density at radius 2 is 2.00 bits per heavy atom. The van der Waals surface area contributed by atoms with Gasteiger partial charge in [-0.15, -0.1) is 0 Å². The Morgan fingerprint density at radius 1 is 1.25 bits per heavy atom. The monoisotopic (exact) mass is 272 g/mol. The summed E-state index contributed by atoms with van der Waals surface area (Å²) >= 11 is 0. The first-order valence-electron chi connectivity index (χ1n) is 7.98. The summed E-state index contributed by atoms with van der Waals surface area (Å²) in [6.07, 6.45) is 7.52. The summed E-state index contributed by atoms with van der Waals surface area (Å²) in [7, 11) is 0. The van der Waals surface area contributed by atoms with Crippen molar-refractivity contribution in [2.24, 2.45) is 0 Å². The predicted octanol–water partition coefficient (Wildman–Crippen LogP) is 5.37. The maximum Gasteiger partial charge on any atom is 0.106 e. The second-order valence-corrected chi connectivity index (χ2v) is 6.11. The van der Waals surface area contributed by atoms with Crippen LogP contribution in [0.4, 0.5) is 0 Å². The Hall–Kier alpha value is -1.31. The van der Waals surface area contributed by atoms with Gasteiger partial charge in [-0.1, -0.05) is 31.9 Å². The van der Waals surface area contributed by atoms with Gasteiger partial charge in [0.1, 0.15) is 5.82 Å². The van der Waals surface area contributed by atoms with Crippen LogP contribution in [0.25, 0.3) is 11.1 Å². The van der Waals surface area contributed by atoms with E-state index < -0.39 is 0 Å². The molecule has 0 atom stereocenters. The van der Waals surface area contributed by atoms with E-state index in [1.807, 2.05) is 0 Å². The van der Waals surface area contributed by atoms with E-state index in [0.717, 1.165) is 23.6 Å². The zero-order valence-corrected chi connectivity index (χ0v) is 13.6. The highest BCUT2D eigenvalue weighted by Gasteiger charge is 2.22. The standard InChI is InChI=1S/C18H28N2/c1-6-7-8-12-20-15(5)19-17(13(2)3)18(20)16-11-9-10-14(16)4/h2,6-12H2,1,3-5H3. The van der Waals surface area contributed by atoms with Gasteiger partial charge in [-0.2, -0.15) is 0 Å². The molecule has 0 amide bonds. The molecule has 1 aromatic heterocycles. The SMILES string of the molecule is C=C(C)c1nc(C)n(CCCCC)c1C1=C(C)CCC1. The molecule has 0 fully saturated rings. The molecular formula is C18H28N2. The minimum absolute atomic E-state index is 1.09. The second-order valence-electron chi connectivity index (χ2n) is 6.11. The zero-order valence-electron chi connectivity index (χ0n) is 13.6. The van der Waals surface area contributed by atoms with Crippen molar-refractivity contribution >= 4 is 11.1 Å². The van der Waals surface area contributed by atoms with E-state index >= 15 is 0 Å². The van der Waals surface area contributed by atoms with Crippen molar-refractivity contribution < 1.29 is 0 Å². The van der Waals surface area contributed by atoms with Crippen LogP contribution in [-0.2, 0) is 6.54 Å². The van der Waals surface area contributed by atoms with Gasteiger partial charge in [-0.25, -0.2) is 4.98 Å². The maximum atomic E-state index is 4.80. The number of hydrogen-bond donors (Lipinski definition) is 0. The Kier molecular flexibility index (Phi) is 4.85. The third-order valence-electron chi connectivity index (χ3n) is 4.33. The molecule has 20 heavy (non-hydrogen) atoms. The van der Waals surface area contributed by atoms with Gasteiger partial charge in [0.2, 0.25) is 0 Å². The second kappa shape index (κ2) is 6.43. The number of allylic oxidation sites excluding steroid dienone is 3. The molecule has 0 bridgehead atoms. The van der Waals surface area contributed by atoms with Crippen LogP contribution >= 0.6 is 0 Å². The Morgan fingerprint density at radius 3 is 2.55 bits per heavy atom. The van der Waals surface area contributed by atoms with Crippen LogP contribution in [0.1, 0.15) is 76.5 Å². The number of imidazole rings is 1. The minimum atomic E-state index is 1.09. The maximum absolute atomic E-state index is 4.80. The highest BCUT2D eigenvalue weighted by Crippen LogP contribution is 2.37. The van der Waals surface area contributed by atoms with Crippen molar-refractivity contribution in [3.05, 3.63) is 29.4 Å². The van der Waals surface area contributed by atoms with Crippen molar-refractivity contribution in [1.82, 2.24) is 9.55 Å². The fraction of sp³-hybridized carbons (Fsp3) is 0.611. The lowest BCUT2D eigenvalue weighted by molar-refractivity contribution is 0.585. The molecule has 1 aliphatic rings. The molecule has 0 radical (unpaired) electrons. The molecule has 1 heterocycles. The van der Waals surface area contributed by atoms with Crippen LogP contribution in [0.5, 0.6) is 0 Å². The van der Waals surface area contributed by atoms with E-state index in [4.69, 9.17) is 4.98 Å². The number of aromatic nitrogens is 2. The van der Waals surface area contributed by atoms with Gasteiger partial charge < -0.3 is 4.57 Å². The van der Waals surface area contributed by atoms with E-state index in [1.54, 1.807) is 5.57 Å². The van der Waals surface area contributed by atoms with Crippen LogP contribution in [0, 0.1) is 6.92 Å². The largest absolute Gasteiger partial charge is 0.328 e. The van der Waals surface area contributed by atoms with E-state index in [1.165, 1.54) is 49.8 Å². The van der Waals surface area contributed by atoms with Gasteiger partial charge in [-0.05, 0) is 57.6 Å². The molecule has 2 rings (SSSR count). The lowest BCUT2D eigenvalue weighted by Crippen LogP contribution is -2.06. The molecule has 1 aliphatic carbocycles. The first-order chi connectivity index (χ1) is 9.56. The van der Waals surface area contributed by atoms with Crippen LogP contribution in [-0.4, -0.2) is 9.55 Å². The highest BCUT2D eigenvalue weighted by molar-refractivity contribution is 5.77. The summed E-state index contributed by atoms with van der Waals surface area (Å²) < 4.78 is 2.43. The Bertz CT molecular complexity index is 532. The van der Waals surface area contributed by atoms with Gasteiger partial charge in [0.05, 0.1) is 11.4 Å². The van der Waals surface area contributed by atoms with E-state index in [-0.39, 0.29) is 0 Å². The fourth-order valence-electron chi connectivity index (χ4n) is 3.18. The van der Waals surface area contributed by atoms with Gasteiger partial charge in [0, 0.05) is 6.54 Å². The molecule has 110 valence electrons. The first kappa shape index (κ1) is 15.1. The highest BCUT2D eigenvalue weighted by atomic mass is 15.1. The van der Waals surface area contributed by atoms with Crippen molar-refractivity contribution in [3.63, 3.8) is 0 Å². The normalized spacial score (nSPS) is 15.2. The van der Waals surface area contributed by atoms with E-state index in [2.05, 4.69) is 38.8 Å². The van der Waals surface area contributed by atoms with Crippen molar-refractivity contribution in [1.29, 1.82) is 0 Å². The van der Waals surface area contributed by atoms with Gasteiger partial charge in [0.25, 0.3) is 0 Å². The molecule has 0 N–H and O–H groups in total. The number of aryl methyl sites for hydroxylation is 1. The fourth-order valence-corrected chi connectivity index (χ4v) is 3.18. The molecule has 0 unspecified atom stereocenters. The summed E-state index contributed by atoms with van der Waals surface area (Å²) in [5.41, 5.74) is 6.64. The lowest BCUT2D eigenvalue weighted by Gasteiger charge is -2.13. The average molecular weight is 272 g/mol. The number of hydrogen-bond acceptors (Lipinski definition) is 1. The lowest BCUT2D eigenvalue weighted by atomic mass is 10.0. The van der Waals surface area contributed by atoms with Crippen molar-refractivity contribution in [3.8, 4) is 0 Å². The van der Waals surface area contributed by atoms with Crippen LogP contribution < -0.4 is 0 Å². The summed E-state index contributed by atoms with van der Waals surface area (Å²) in [6, 6.07) is 0. The van der Waals surface area contributed by atoms with Crippen LogP contribution in [0.3, 0.4) is 0 Å². The molecule has 0 aromatic carbocycles. The first-order valence-corrected chi connectivity index (χ1v) is 7.98. The third-order valence-corrected chi connectivity index (χ3v) is 4.33. The molecule has 0 saturated heterocycles. The van der Waals surface area contributed by atoms with E-state index in [0.29, 0.717) is 0 Å². The molecule has 0 spiro atoms. The third kappa shape index (κ3) is 2.89. The quantitative estimate of drug-likeness (QED) is 0.636. The van der Waals surface area contributed by atoms with Gasteiger partial charge >= 0.3 is 0 Å². The van der Waals surface area contributed by atoms with Crippen molar-refractivity contribution in [2.75, 3.05) is 0 Å².